The highest BCUT2D eigenvalue weighted by atomic mass is 16.2. The number of rotatable bonds is 6. The molecule has 0 atom stereocenters. The van der Waals surface area contributed by atoms with Crippen molar-refractivity contribution < 1.29 is 9.59 Å². The van der Waals surface area contributed by atoms with E-state index in [1.807, 2.05) is 32.9 Å². The van der Waals surface area contributed by atoms with Crippen LogP contribution in [0.25, 0.3) is 0 Å². The van der Waals surface area contributed by atoms with Gasteiger partial charge in [0.15, 0.2) is 0 Å². The summed E-state index contributed by atoms with van der Waals surface area (Å²) in [7, 11) is 0. The summed E-state index contributed by atoms with van der Waals surface area (Å²) in [6.07, 6.45) is 1.02. The number of aryl methyl sites for hydroxylation is 1. The molecule has 0 bridgehead atoms. The normalized spacial score (nSPS) is 10.4. The van der Waals surface area contributed by atoms with Crippen molar-refractivity contribution in [2.75, 3.05) is 17.2 Å². The molecule has 5 nitrogen and oxygen atoms in total. The van der Waals surface area contributed by atoms with Gasteiger partial charge in [-0.15, -0.1) is 0 Å². The molecule has 110 valence electrons. The zero-order valence-corrected chi connectivity index (χ0v) is 12.3. The van der Waals surface area contributed by atoms with Crippen LogP contribution in [0.1, 0.15) is 32.3 Å². The monoisotopic (exact) mass is 277 g/mol. The van der Waals surface area contributed by atoms with E-state index in [4.69, 9.17) is 5.73 Å². The van der Waals surface area contributed by atoms with E-state index in [2.05, 4.69) is 10.6 Å². The standard InChI is InChI=1S/C15H23N3O2/c1-10(2)15(20)18-12-7-6-11(3)9-13(12)17-14(19)5-4-8-16/h6-7,9-10H,4-5,8,16H2,1-3H3,(H,17,19)(H,18,20). The summed E-state index contributed by atoms with van der Waals surface area (Å²) >= 11 is 0. The Morgan fingerprint density at radius 3 is 2.50 bits per heavy atom. The van der Waals surface area contributed by atoms with Crippen LogP contribution in [0.4, 0.5) is 11.4 Å². The van der Waals surface area contributed by atoms with Crippen LogP contribution in [-0.4, -0.2) is 18.4 Å². The Morgan fingerprint density at radius 2 is 1.90 bits per heavy atom. The zero-order valence-electron chi connectivity index (χ0n) is 12.3. The van der Waals surface area contributed by atoms with Gasteiger partial charge in [-0.25, -0.2) is 0 Å². The van der Waals surface area contributed by atoms with Crippen molar-refractivity contribution in [3.63, 3.8) is 0 Å². The molecule has 0 fully saturated rings. The van der Waals surface area contributed by atoms with E-state index in [1.54, 1.807) is 6.07 Å². The molecule has 1 rings (SSSR count). The van der Waals surface area contributed by atoms with Crippen molar-refractivity contribution in [2.24, 2.45) is 11.7 Å². The van der Waals surface area contributed by atoms with Crippen molar-refractivity contribution >= 4 is 23.2 Å². The fourth-order valence-electron chi connectivity index (χ4n) is 1.62. The molecule has 0 saturated heterocycles. The van der Waals surface area contributed by atoms with E-state index < -0.39 is 0 Å². The molecule has 0 aromatic heterocycles. The molecule has 0 saturated carbocycles. The van der Waals surface area contributed by atoms with Crippen LogP contribution in [0.2, 0.25) is 0 Å². The second kappa shape index (κ2) is 7.65. The SMILES string of the molecule is Cc1ccc(NC(=O)C(C)C)c(NC(=O)CCCN)c1. The van der Waals surface area contributed by atoms with Gasteiger partial charge in [-0.1, -0.05) is 19.9 Å². The average molecular weight is 277 g/mol. The summed E-state index contributed by atoms with van der Waals surface area (Å²) < 4.78 is 0. The molecule has 2 amide bonds. The summed E-state index contributed by atoms with van der Waals surface area (Å²) in [5, 5.41) is 5.64. The van der Waals surface area contributed by atoms with Crippen LogP contribution in [0.15, 0.2) is 18.2 Å². The summed E-state index contributed by atoms with van der Waals surface area (Å²) in [4.78, 5) is 23.5. The van der Waals surface area contributed by atoms with Gasteiger partial charge < -0.3 is 16.4 Å². The fourth-order valence-corrected chi connectivity index (χ4v) is 1.62. The molecule has 20 heavy (non-hydrogen) atoms. The molecule has 0 radical (unpaired) electrons. The number of hydrogen-bond donors (Lipinski definition) is 3. The maximum absolute atomic E-state index is 11.8. The zero-order chi connectivity index (χ0) is 15.1. The molecule has 0 aliphatic carbocycles. The number of carbonyl (C=O) groups excluding carboxylic acids is 2. The quantitative estimate of drug-likeness (QED) is 0.745. The van der Waals surface area contributed by atoms with Crippen molar-refractivity contribution in [1.29, 1.82) is 0 Å². The second-order valence-electron chi connectivity index (χ2n) is 5.13. The number of carbonyl (C=O) groups is 2. The average Bonchev–Trinajstić information content (AvgIpc) is 2.39. The Balaban J connectivity index is 2.84. The van der Waals surface area contributed by atoms with Gasteiger partial charge in [0, 0.05) is 12.3 Å². The maximum Gasteiger partial charge on any atom is 0.226 e. The highest BCUT2D eigenvalue weighted by Gasteiger charge is 2.12. The van der Waals surface area contributed by atoms with E-state index >= 15 is 0 Å². The summed E-state index contributed by atoms with van der Waals surface area (Å²) in [5.41, 5.74) is 7.65. The van der Waals surface area contributed by atoms with Gasteiger partial charge in [0.2, 0.25) is 11.8 Å². The third-order valence-corrected chi connectivity index (χ3v) is 2.84. The molecular formula is C15H23N3O2. The van der Waals surface area contributed by atoms with Crippen LogP contribution in [0, 0.1) is 12.8 Å². The van der Waals surface area contributed by atoms with Gasteiger partial charge in [-0.05, 0) is 37.6 Å². The highest BCUT2D eigenvalue weighted by Crippen LogP contribution is 2.24. The molecule has 0 aliphatic heterocycles. The first-order valence-electron chi connectivity index (χ1n) is 6.85. The Labute approximate surface area is 119 Å². The number of amides is 2. The van der Waals surface area contributed by atoms with Crippen LogP contribution in [0.5, 0.6) is 0 Å². The van der Waals surface area contributed by atoms with Gasteiger partial charge >= 0.3 is 0 Å². The molecular weight excluding hydrogens is 254 g/mol. The largest absolute Gasteiger partial charge is 0.330 e. The van der Waals surface area contributed by atoms with Crippen LogP contribution < -0.4 is 16.4 Å². The van der Waals surface area contributed by atoms with Gasteiger partial charge in [-0.3, -0.25) is 9.59 Å². The molecule has 0 aliphatic rings. The minimum Gasteiger partial charge on any atom is -0.330 e. The van der Waals surface area contributed by atoms with Crippen LogP contribution >= 0.6 is 0 Å². The van der Waals surface area contributed by atoms with E-state index in [0.717, 1.165) is 5.56 Å². The number of nitrogens with two attached hydrogens (primary N) is 1. The molecule has 1 aromatic carbocycles. The Bertz CT molecular complexity index is 484. The molecule has 1 aromatic rings. The van der Waals surface area contributed by atoms with Crippen molar-refractivity contribution in [3.8, 4) is 0 Å². The third kappa shape index (κ3) is 5.01. The topological polar surface area (TPSA) is 84.2 Å². The van der Waals surface area contributed by atoms with Crippen LogP contribution in [-0.2, 0) is 9.59 Å². The van der Waals surface area contributed by atoms with Gasteiger partial charge in [-0.2, -0.15) is 0 Å². The van der Waals surface area contributed by atoms with E-state index in [9.17, 15) is 9.59 Å². The minimum atomic E-state index is -0.114. The first-order valence-corrected chi connectivity index (χ1v) is 6.85. The Kier molecular flexibility index (Phi) is 6.18. The lowest BCUT2D eigenvalue weighted by atomic mass is 10.1. The Morgan fingerprint density at radius 1 is 1.20 bits per heavy atom. The highest BCUT2D eigenvalue weighted by molar-refractivity contribution is 6.00. The summed E-state index contributed by atoms with van der Waals surface area (Å²) in [5.74, 6) is -0.287. The van der Waals surface area contributed by atoms with Crippen molar-refractivity contribution in [3.05, 3.63) is 23.8 Å². The minimum absolute atomic E-state index is 0.0775. The van der Waals surface area contributed by atoms with E-state index in [1.165, 1.54) is 0 Å². The smallest absolute Gasteiger partial charge is 0.226 e. The summed E-state index contributed by atoms with van der Waals surface area (Å²) in [6, 6.07) is 5.54. The fraction of sp³-hybridized carbons (Fsp3) is 0.467. The number of benzene rings is 1. The predicted octanol–water partition coefficient (Wildman–Crippen LogP) is 2.27. The molecule has 4 N–H and O–H groups in total. The van der Waals surface area contributed by atoms with Gasteiger partial charge in [0.25, 0.3) is 0 Å². The van der Waals surface area contributed by atoms with E-state index in [-0.39, 0.29) is 17.7 Å². The molecule has 0 unspecified atom stereocenters. The first-order chi connectivity index (χ1) is 9.43. The number of nitrogens with one attached hydrogen (secondary N) is 2. The number of anilines is 2. The lowest BCUT2D eigenvalue weighted by Gasteiger charge is -2.14. The van der Waals surface area contributed by atoms with Crippen LogP contribution in [0.3, 0.4) is 0 Å². The van der Waals surface area contributed by atoms with Crippen molar-refractivity contribution in [1.82, 2.24) is 0 Å². The molecule has 0 spiro atoms. The third-order valence-electron chi connectivity index (χ3n) is 2.84. The second-order valence-corrected chi connectivity index (χ2v) is 5.13. The summed E-state index contributed by atoms with van der Waals surface area (Å²) in [6.45, 7) is 6.06. The lowest BCUT2D eigenvalue weighted by molar-refractivity contribution is -0.119. The number of hydrogen-bond acceptors (Lipinski definition) is 3. The Hall–Kier alpha value is -1.88. The molecule has 5 heteroatoms. The van der Waals surface area contributed by atoms with Gasteiger partial charge in [0.1, 0.15) is 0 Å². The van der Waals surface area contributed by atoms with Gasteiger partial charge in [0.05, 0.1) is 11.4 Å². The van der Waals surface area contributed by atoms with Crippen molar-refractivity contribution in [2.45, 2.75) is 33.6 Å². The maximum atomic E-state index is 11.8. The lowest BCUT2D eigenvalue weighted by Crippen LogP contribution is -2.20. The first kappa shape index (κ1) is 16.2. The van der Waals surface area contributed by atoms with E-state index in [0.29, 0.717) is 30.8 Å². The predicted molar refractivity (Wildman–Crippen MR) is 81.6 cm³/mol. The molecule has 0 heterocycles.